The summed E-state index contributed by atoms with van der Waals surface area (Å²) in [5.74, 6) is 0.779. The van der Waals surface area contributed by atoms with E-state index in [1.54, 1.807) is 6.20 Å². The van der Waals surface area contributed by atoms with Gasteiger partial charge in [-0.2, -0.15) is 0 Å². The van der Waals surface area contributed by atoms with Crippen LogP contribution < -0.4 is 5.32 Å². The molecular formula is C11H14BrClN2. The van der Waals surface area contributed by atoms with Gasteiger partial charge in [0.15, 0.2) is 0 Å². The van der Waals surface area contributed by atoms with Crippen LogP contribution in [-0.4, -0.2) is 18.1 Å². The molecule has 1 saturated heterocycles. The number of hydrogen-bond donors (Lipinski definition) is 1. The van der Waals surface area contributed by atoms with Gasteiger partial charge in [-0.1, -0.05) is 11.6 Å². The molecule has 2 nitrogen and oxygen atoms in total. The minimum absolute atomic E-state index is 0.585. The van der Waals surface area contributed by atoms with Crippen LogP contribution in [0.25, 0.3) is 0 Å². The van der Waals surface area contributed by atoms with Crippen LogP contribution in [0.15, 0.2) is 16.7 Å². The largest absolute Gasteiger partial charge is 0.317 e. The number of nitrogens with zero attached hydrogens (tertiary/aromatic N) is 1. The van der Waals surface area contributed by atoms with Crippen molar-refractivity contribution in [1.82, 2.24) is 10.3 Å². The number of nitrogens with one attached hydrogen (secondary N) is 1. The summed E-state index contributed by atoms with van der Waals surface area (Å²) >= 11 is 9.41. The van der Waals surface area contributed by atoms with Crippen molar-refractivity contribution < 1.29 is 0 Å². The van der Waals surface area contributed by atoms with Gasteiger partial charge in [0, 0.05) is 10.7 Å². The molecule has 0 aliphatic carbocycles. The van der Waals surface area contributed by atoms with Gasteiger partial charge in [-0.15, -0.1) is 0 Å². The van der Waals surface area contributed by atoms with Crippen LogP contribution >= 0.6 is 27.5 Å². The zero-order valence-electron chi connectivity index (χ0n) is 8.47. The van der Waals surface area contributed by atoms with Gasteiger partial charge in [-0.25, -0.2) is 4.98 Å². The summed E-state index contributed by atoms with van der Waals surface area (Å²) < 4.78 is 1.07. The van der Waals surface area contributed by atoms with Crippen molar-refractivity contribution in [2.24, 2.45) is 5.92 Å². The molecule has 2 rings (SSSR count). The maximum atomic E-state index is 5.89. The van der Waals surface area contributed by atoms with E-state index in [0.717, 1.165) is 29.9 Å². The molecule has 1 aromatic heterocycles. The fraction of sp³-hybridized carbons (Fsp3) is 0.545. The molecule has 1 aromatic rings. The highest BCUT2D eigenvalue weighted by atomic mass is 79.9. The predicted octanol–water partition coefficient (Wildman–Crippen LogP) is 3.04. The Balaban J connectivity index is 2.05. The van der Waals surface area contributed by atoms with Gasteiger partial charge in [-0.3, -0.25) is 0 Å². The maximum absolute atomic E-state index is 5.89. The molecule has 2 heterocycles. The Kier molecular flexibility index (Phi) is 4.00. The molecule has 1 aliphatic rings. The maximum Gasteiger partial charge on any atom is 0.129 e. The summed E-state index contributed by atoms with van der Waals surface area (Å²) in [4.78, 5) is 4.04. The normalized spacial score (nSPS) is 18.0. The van der Waals surface area contributed by atoms with Gasteiger partial charge >= 0.3 is 0 Å². The van der Waals surface area contributed by atoms with Crippen molar-refractivity contribution in [2.75, 3.05) is 13.1 Å². The minimum atomic E-state index is 0.585. The van der Waals surface area contributed by atoms with Gasteiger partial charge in [0.05, 0.1) is 0 Å². The van der Waals surface area contributed by atoms with Crippen molar-refractivity contribution in [1.29, 1.82) is 0 Å². The first-order valence-corrected chi connectivity index (χ1v) is 6.43. The monoisotopic (exact) mass is 288 g/mol. The topological polar surface area (TPSA) is 24.9 Å². The zero-order chi connectivity index (χ0) is 10.7. The highest BCUT2D eigenvalue weighted by Crippen LogP contribution is 2.25. The Morgan fingerprint density at radius 1 is 1.47 bits per heavy atom. The molecule has 0 saturated carbocycles. The van der Waals surface area contributed by atoms with E-state index in [4.69, 9.17) is 11.6 Å². The second kappa shape index (κ2) is 5.28. The molecule has 1 aliphatic heterocycles. The molecule has 1 N–H and O–H groups in total. The molecule has 15 heavy (non-hydrogen) atoms. The zero-order valence-corrected chi connectivity index (χ0v) is 10.8. The van der Waals surface area contributed by atoms with E-state index in [0.29, 0.717) is 5.15 Å². The molecule has 0 amide bonds. The lowest BCUT2D eigenvalue weighted by Gasteiger charge is -2.22. The van der Waals surface area contributed by atoms with Crippen LogP contribution in [0.1, 0.15) is 18.4 Å². The molecule has 82 valence electrons. The van der Waals surface area contributed by atoms with Crippen LogP contribution in [0.2, 0.25) is 5.15 Å². The molecular weight excluding hydrogens is 275 g/mol. The van der Waals surface area contributed by atoms with Gasteiger partial charge in [0.2, 0.25) is 0 Å². The fourth-order valence-corrected chi connectivity index (χ4v) is 2.56. The van der Waals surface area contributed by atoms with E-state index in [2.05, 4.69) is 26.2 Å². The first-order valence-electron chi connectivity index (χ1n) is 5.26. The third-order valence-corrected chi connectivity index (χ3v) is 3.79. The Labute approximate surface area is 104 Å². The Hall–Kier alpha value is -0.120. The number of pyridine rings is 1. The summed E-state index contributed by atoms with van der Waals surface area (Å²) in [7, 11) is 0. The molecule has 0 spiro atoms. The summed E-state index contributed by atoms with van der Waals surface area (Å²) in [6.07, 6.45) is 5.40. The van der Waals surface area contributed by atoms with E-state index in [-0.39, 0.29) is 0 Å². The molecule has 4 heteroatoms. The van der Waals surface area contributed by atoms with E-state index >= 15 is 0 Å². The van der Waals surface area contributed by atoms with Gasteiger partial charge < -0.3 is 5.32 Å². The molecule has 0 atom stereocenters. The lowest BCUT2D eigenvalue weighted by molar-refractivity contribution is 0.372. The lowest BCUT2D eigenvalue weighted by atomic mass is 9.91. The fourth-order valence-electron chi connectivity index (χ4n) is 2.00. The highest BCUT2D eigenvalue weighted by Gasteiger charge is 2.15. The summed E-state index contributed by atoms with van der Waals surface area (Å²) in [5, 5.41) is 3.96. The van der Waals surface area contributed by atoms with Crippen LogP contribution in [-0.2, 0) is 6.42 Å². The average molecular weight is 290 g/mol. The second-order valence-electron chi connectivity index (χ2n) is 4.00. The van der Waals surface area contributed by atoms with E-state index in [9.17, 15) is 0 Å². The SMILES string of the molecule is Clc1cc(CC2CCNCC2)c(Br)cn1. The van der Waals surface area contributed by atoms with Crippen LogP contribution in [0.4, 0.5) is 0 Å². The first kappa shape index (κ1) is 11.4. The Morgan fingerprint density at radius 3 is 2.93 bits per heavy atom. The van der Waals surface area contributed by atoms with Gasteiger partial charge in [0.1, 0.15) is 5.15 Å². The predicted molar refractivity (Wildman–Crippen MR) is 66.2 cm³/mol. The van der Waals surface area contributed by atoms with Crippen molar-refractivity contribution in [3.05, 3.63) is 27.5 Å². The number of aromatic nitrogens is 1. The molecule has 0 aromatic carbocycles. The standard InChI is InChI=1S/C11H14BrClN2/c12-10-7-15-11(13)6-9(10)5-8-1-3-14-4-2-8/h6-8,14H,1-5H2. The average Bonchev–Trinajstić information content (AvgIpc) is 2.25. The van der Waals surface area contributed by atoms with Crippen LogP contribution in [0.3, 0.4) is 0 Å². The smallest absolute Gasteiger partial charge is 0.129 e. The van der Waals surface area contributed by atoms with Crippen LogP contribution in [0, 0.1) is 5.92 Å². The molecule has 0 unspecified atom stereocenters. The van der Waals surface area contributed by atoms with Crippen LogP contribution in [0.5, 0.6) is 0 Å². The third kappa shape index (κ3) is 3.16. The van der Waals surface area contributed by atoms with Gasteiger partial charge in [-0.05, 0) is 65.8 Å². The second-order valence-corrected chi connectivity index (χ2v) is 5.24. The number of piperidine rings is 1. The van der Waals surface area contributed by atoms with Crippen molar-refractivity contribution in [3.8, 4) is 0 Å². The van der Waals surface area contributed by atoms with E-state index in [1.165, 1.54) is 18.4 Å². The Bertz CT molecular complexity index is 337. The Morgan fingerprint density at radius 2 is 2.20 bits per heavy atom. The van der Waals surface area contributed by atoms with Crippen molar-refractivity contribution in [3.63, 3.8) is 0 Å². The summed E-state index contributed by atoms with van der Waals surface area (Å²) in [6.45, 7) is 2.28. The summed E-state index contributed by atoms with van der Waals surface area (Å²) in [5.41, 5.74) is 1.28. The highest BCUT2D eigenvalue weighted by molar-refractivity contribution is 9.10. The quantitative estimate of drug-likeness (QED) is 0.847. The van der Waals surface area contributed by atoms with Crippen molar-refractivity contribution >= 4 is 27.5 Å². The molecule has 0 radical (unpaired) electrons. The number of hydrogen-bond acceptors (Lipinski definition) is 2. The lowest BCUT2D eigenvalue weighted by Crippen LogP contribution is -2.28. The van der Waals surface area contributed by atoms with E-state index < -0.39 is 0 Å². The molecule has 0 bridgehead atoms. The third-order valence-electron chi connectivity index (χ3n) is 2.87. The summed E-state index contributed by atoms with van der Waals surface area (Å²) in [6, 6.07) is 1.97. The number of halogens is 2. The minimum Gasteiger partial charge on any atom is -0.317 e. The van der Waals surface area contributed by atoms with Gasteiger partial charge in [0.25, 0.3) is 0 Å². The molecule has 1 fully saturated rings. The van der Waals surface area contributed by atoms with E-state index in [1.807, 2.05) is 6.07 Å². The number of rotatable bonds is 2. The van der Waals surface area contributed by atoms with Crippen molar-refractivity contribution in [2.45, 2.75) is 19.3 Å². The first-order chi connectivity index (χ1) is 7.25.